The molecule has 3 atom stereocenters. The topological polar surface area (TPSA) is 149 Å². The molecule has 4 aliphatic rings. The summed E-state index contributed by atoms with van der Waals surface area (Å²) in [5.74, 6) is -6.40. The Morgan fingerprint density at radius 2 is 1.89 bits per heavy atom. The van der Waals surface area contributed by atoms with Crippen LogP contribution in [0.3, 0.4) is 0 Å². The van der Waals surface area contributed by atoms with Crippen LogP contribution in [0, 0.1) is 23.2 Å². The van der Waals surface area contributed by atoms with Crippen molar-refractivity contribution in [3.8, 4) is 0 Å². The number of nitrogens with zero attached hydrogens (tertiary/aromatic N) is 6. The van der Waals surface area contributed by atoms with Crippen molar-refractivity contribution in [1.29, 1.82) is 0 Å². The lowest BCUT2D eigenvalue weighted by atomic mass is 9.49. The molecular formula is C30H35F5N8O4. The second-order valence-corrected chi connectivity index (χ2v) is 13.6. The average Bonchev–Trinajstić information content (AvgIpc) is 3.65. The van der Waals surface area contributed by atoms with Gasteiger partial charge in [0.05, 0.1) is 35.2 Å². The summed E-state index contributed by atoms with van der Waals surface area (Å²) in [4.78, 5) is 35.6. The lowest BCUT2D eigenvalue weighted by Gasteiger charge is -2.58. The van der Waals surface area contributed by atoms with Crippen molar-refractivity contribution in [2.75, 3.05) is 19.8 Å². The van der Waals surface area contributed by atoms with Crippen LogP contribution in [0.5, 0.6) is 0 Å². The third-order valence-corrected chi connectivity index (χ3v) is 10.2. The maximum absolute atomic E-state index is 13.8. The van der Waals surface area contributed by atoms with Gasteiger partial charge in [0.15, 0.2) is 5.69 Å². The molecule has 1 spiro atoms. The fraction of sp³-hybridized carbons (Fsp3) is 0.700. The number of hydrogen-bond donors (Lipinski definition) is 2. The predicted octanol–water partition coefficient (Wildman–Crippen LogP) is 4.12. The average molecular weight is 667 g/mol. The summed E-state index contributed by atoms with van der Waals surface area (Å²) in [6.45, 7) is 2.29. The van der Waals surface area contributed by atoms with Gasteiger partial charge in [0, 0.05) is 50.9 Å². The van der Waals surface area contributed by atoms with Gasteiger partial charge in [0.1, 0.15) is 5.69 Å². The molecule has 254 valence electrons. The Hall–Kier alpha value is -3.76. The molecule has 3 aromatic heterocycles. The number of nitrogens with one attached hydrogen (secondary N) is 2. The first-order valence-corrected chi connectivity index (χ1v) is 16.0. The van der Waals surface area contributed by atoms with Crippen LogP contribution in [0.4, 0.5) is 22.0 Å². The predicted molar refractivity (Wildman–Crippen MR) is 151 cm³/mol. The molecule has 7 rings (SSSR count). The van der Waals surface area contributed by atoms with Crippen LogP contribution in [-0.2, 0) is 22.4 Å². The maximum atomic E-state index is 13.8. The molecule has 2 aliphatic heterocycles. The van der Waals surface area contributed by atoms with E-state index in [-0.39, 0.29) is 49.0 Å². The number of ether oxygens (including phenoxy) is 1. The van der Waals surface area contributed by atoms with Crippen LogP contribution in [0.15, 0.2) is 10.8 Å². The number of fused-ring (bicyclic) bond motifs is 1. The van der Waals surface area contributed by atoms with Crippen molar-refractivity contribution in [3.63, 3.8) is 0 Å². The normalized spacial score (nSPS) is 25.3. The standard InChI is InChI=1S/C30H35F5N8O4/c1-2-19-24(42-47-41-19)26(45)38-23(17-9-28(10-17)13-29(31,32)14-28)21-12-43-27(37-21)39-22(15-3-5-46-6-4-15)20(40-43)8-16-7-18(30(33,34)35)11-36-25(16)44/h12,15-18,23H,2-11,13-14H2,1H3,(H,36,44)(H,38,45)/t16-,18-,23+/m1/s1. The van der Waals surface area contributed by atoms with E-state index in [1.54, 1.807) is 13.1 Å². The Bertz CT molecular complexity index is 1650. The molecule has 4 fully saturated rings. The SMILES string of the molecule is CCc1nonc1C(=O)N[C@H](c1cn2nc(C[C@H]3C[C@@H](C(F)(F)F)CNC3=O)c(C3CCOCC3)nc2n1)C1CC2(C1)CC(F)(F)C2. The van der Waals surface area contributed by atoms with E-state index in [2.05, 4.69) is 20.9 Å². The van der Waals surface area contributed by atoms with Crippen molar-refractivity contribution in [1.82, 2.24) is 40.5 Å². The van der Waals surface area contributed by atoms with E-state index >= 15 is 0 Å². The van der Waals surface area contributed by atoms with Crippen LogP contribution in [-0.4, -0.2) is 73.6 Å². The second-order valence-electron chi connectivity index (χ2n) is 13.6. The van der Waals surface area contributed by atoms with Crippen molar-refractivity contribution >= 4 is 17.6 Å². The van der Waals surface area contributed by atoms with E-state index in [0.29, 0.717) is 68.1 Å². The van der Waals surface area contributed by atoms with Crippen LogP contribution >= 0.6 is 0 Å². The molecule has 2 N–H and O–H groups in total. The molecule has 3 aromatic rings. The van der Waals surface area contributed by atoms with Gasteiger partial charge < -0.3 is 15.4 Å². The minimum Gasteiger partial charge on any atom is -0.381 e. The number of alkyl halides is 5. The van der Waals surface area contributed by atoms with Gasteiger partial charge in [-0.05, 0) is 55.0 Å². The molecule has 0 radical (unpaired) electrons. The smallest absolute Gasteiger partial charge is 0.381 e. The summed E-state index contributed by atoms with van der Waals surface area (Å²) >= 11 is 0. The molecule has 2 aliphatic carbocycles. The molecular weight excluding hydrogens is 631 g/mol. The third kappa shape index (κ3) is 6.18. The molecule has 0 aromatic carbocycles. The first-order chi connectivity index (χ1) is 22.3. The quantitative estimate of drug-likeness (QED) is 0.339. The number of aryl methyl sites for hydroxylation is 1. The zero-order valence-corrected chi connectivity index (χ0v) is 25.7. The number of imidazole rings is 1. The summed E-state index contributed by atoms with van der Waals surface area (Å²) < 4.78 is 80.1. The van der Waals surface area contributed by atoms with Crippen LogP contribution in [0.25, 0.3) is 5.78 Å². The number of carbonyl (C=O) groups excluding carboxylic acids is 2. The van der Waals surface area contributed by atoms with Gasteiger partial charge in [0.2, 0.25) is 11.8 Å². The van der Waals surface area contributed by atoms with E-state index in [0.717, 1.165) is 0 Å². The number of hydrogen-bond acceptors (Lipinski definition) is 9. The summed E-state index contributed by atoms with van der Waals surface area (Å²) in [5, 5.41) is 17.6. The Morgan fingerprint density at radius 3 is 2.57 bits per heavy atom. The monoisotopic (exact) mass is 666 g/mol. The molecule has 5 heterocycles. The van der Waals surface area contributed by atoms with Crippen LogP contribution in [0.2, 0.25) is 0 Å². The lowest BCUT2D eigenvalue weighted by molar-refractivity contribution is -0.210. The Morgan fingerprint density at radius 1 is 1.15 bits per heavy atom. The van der Waals surface area contributed by atoms with Gasteiger partial charge in [-0.3, -0.25) is 9.59 Å². The highest BCUT2D eigenvalue weighted by atomic mass is 19.4. The summed E-state index contributed by atoms with van der Waals surface area (Å²) in [6.07, 6.45) is -1.07. The van der Waals surface area contributed by atoms with Gasteiger partial charge >= 0.3 is 6.18 Å². The third-order valence-electron chi connectivity index (χ3n) is 10.2. The number of piperidine rings is 1. The molecule has 0 bridgehead atoms. The summed E-state index contributed by atoms with van der Waals surface area (Å²) in [6, 6.07) is -0.695. The molecule has 2 saturated heterocycles. The molecule has 47 heavy (non-hydrogen) atoms. The van der Waals surface area contributed by atoms with Crippen LogP contribution in [0.1, 0.15) is 97.1 Å². The number of aromatic nitrogens is 6. The number of carbonyl (C=O) groups is 2. The van der Waals surface area contributed by atoms with Crippen molar-refractivity contribution in [2.24, 2.45) is 23.2 Å². The molecule has 12 nitrogen and oxygen atoms in total. The fourth-order valence-electron chi connectivity index (χ4n) is 7.91. The van der Waals surface area contributed by atoms with Gasteiger partial charge in [-0.15, -0.1) is 0 Å². The zero-order valence-electron chi connectivity index (χ0n) is 25.7. The Kier molecular flexibility index (Phi) is 7.95. The van der Waals surface area contributed by atoms with Gasteiger partial charge in [-0.25, -0.2) is 27.9 Å². The van der Waals surface area contributed by atoms with Crippen LogP contribution < -0.4 is 10.6 Å². The zero-order chi connectivity index (χ0) is 33.1. The van der Waals surface area contributed by atoms with E-state index in [9.17, 15) is 31.5 Å². The van der Waals surface area contributed by atoms with Crippen molar-refractivity contribution in [2.45, 2.75) is 88.8 Å². The van der Waals surface area contributed by atoms with Crippen molar-refractivity contribution < 1.29 is 40.9 Å². The van der Waals surface area contributed by atoms with Crippen molar-refractivity contribution in [3.05, 3.63) is 34.7 Å². The highest BCUT2D eigenvalue weighted by molar-refractivity contribution is 5.93. The molecule has 2 saturated carbocycles. The van der Waals surface area contributed by atoms with Gasteiger partial charge in [-0.2, -0.15) is 18.3 Å². The Balaban J connectivity index is 1.22. The molecule has 17 heteroatoms. The maximum Gasteiger partial charge on any atom is 0.393 e. The largest absolute Gasteiger partial charge is 0.393 e. The minimum atomic E-state index is -4.45. The minimum absolute atomic E-state index is 0.0220. The molecule has 2 amide bonds. The number of halogens is 5. The highest BCUT2D eigenvalue weighted by Crippen LogP contribution is 2.66. The lowest BCUT2D eigenvalue weighted by Crippen LogP contribution is -2.56. The summed E-state index contributed by atoms with van der Waals surface area (Å²) in [7, 11) is 0. The van der Waals surface area contributed by atoms with Gasteiger partial charge in [-0.1, -0.05) is 12.1 Å². The van der Waals surface area contributed by atoms with E-state index in [1.165, 1.54) is 4.52 Å². The summed E-state index contributed by atoms with van der Waals surface area (Å²) in [5.41, 5.74) is 1.27. The van der Waals surface area contributed by atoms with E-state index in [1.807, 2.05) is 0 Å². The fourth-order valence-corrected chi connectivity index (χ4v) is 7.91. The first kappa shape index (κ1) is 31.8. The second kappa shape index (κ2) is 11.7. The van der Waals surface area contributed by atoms with Gasteiger partial charge in [0.25, 0.3) is 11.7 Å². The van der Waals surface area contributed by atoms with E-state index in [4.69, 9.17) is 24.4 Å². The number of amides is 2. The highest BCUT2D eigenvalue weighted by Gasteiger charge is 2.63. The van der Waals surface area contributed by atoms with E-state index < -0.39 is 53.8 Å². The number of rotatable bonds is 8. The molecule has 0 unspecified atom stereocenters. The Labute approximate surface area is 265 Å². The first-order valence-electron chi connectivity index (χ1n) is 16.0.